The van der Waals surface area contributed by atoms with Crippen molar-refractivity contribution in [3.05, 3.63) is 69.5 Å². The molecule has 2 rings (SSSR count). The van der Waals surface area contributed by atoms with Crippen LogP contribution in [-0.2, 0) is 21.9 Å². The Balaban J connectivity index is 2.20. The molecule has 0 fully saturated rings. The van der Waals surface area contributed by atoms with Gasteiger partial charge in [-0.1, -0.05) is 54.4 Å². The van der Waals surface area contributed by atoms with E-state index in [9.17, 15) is 14.0 Å². The van der Waals surface area contributed by atoms with Gasteiger partial charge in [-0.05, 0) is 56.5 Å². The van der Waals surface area contributed by atoms with Crippen molar-refractivity contribution in [3.8, 4) is 0 Å². The molecule has 2 amide bonds. The van der Waals surface area contributed by atoms with Crippen LogP contribution in [0.2, 0.25) is 10.0 Å². The minimum absolute atomic E-state index is 0.120. The molecule has 0 radical (unpaired) electrons. The van der Waals surface area contributed by atoms with E-state index >= 15 is 0 Å². The van der Waals surface area contributed by atoms with Crippen LogP contribution in [0.5, 0.6) is 0 Å². The number of thioether (sulfide) groups is 1. The van der Waals surface area contributed by atoms with Gasteiger partial charge in [0.05, 0.1) is 15.8 Å². The number of carbonyl (C=O) groups is 2. The van der Waals surface area contributed by atoms with Gasteiger partial charge < -0.3 is 10.2 Å². The van der Waals surface area contributed by atoms with E-state index in [1.165, 1.54) is 17.8 Å². The summed E-state index contributed by atoms with van der Waals surface area (Å²) in [5.74, 6) is -0.226. The van der Waals surface area contributed by atoms with E-state index in [0.29, 0.717) is 27.8 Å². The summed E-state index contributed by atoms with van der Waals surface area (Å²) in [6.07, 6.45) is 0.451. The van der Waals surface area contributed by atoms with E-state index in [1.54, 1.807) is 41.3 Å². The van der Waals surface area contributed by atoms with Crippen LogP contribution >= 0.6 is 35.0 Å². The lowest BCUT2D eigenvalue weighted by Crippen LogP contribution is -2.53. The van der Waals surface area contributed by atoms with Crippen LogP contribution in [0.3, 0.4) is 0 Å². The van der Waals surface area contributed by atoms with Gasteiger partial charge in [-0.2, -0.15) is 0 Å². The molecule has 174 valence electrons. The number of hydrogen-bond acceptors (Lipinski definition) is 3. The van der Waals surface area contributed by atoms with Gasteiger partial charge in [0.1, 0.15) is 11.9 Å². The molecule has 0 saturated carbocycles. The van der Waals surface area contributed by atoms with Crippen molar-refractivity contribution in [2.75, 3.05) is 5.75 Å². The third kappa shape index (κ3) is 7.98. The number of carbonyl (C=O) groups excluding carboxylic acids is 2. The molecule has 2 aromatic carbocycles. The van der Waals surface area contributed by atoms with E-state index in [0.717, 1.165) is 5.56 Å². The average molecular weight is 499 g/mol. The van der Waals surface area contributed by atoms with Crippen molar-refractivity contribution in [3.63, 3.8) is 0 Å². The average Bonchev–Trinajstić information content (AvgIpc) is 2.70. The fourth-order valence-corrected chi connectivity index (χ4v) is 4.37. The largest absolute Gasteiger partial charge is 0.350 e. The molecule has 4 nitrogen and oxygen atoms in total. The van der Waals surface area contributed by atoms with E-state index in [1.807, 2.05) is 27.7 Å². The van der Waals surface area contributed by atoms with Crippen molar-refractivity contribution in [2.24, 2.45) is 0 Å². The van der Waals surface area contributed by atoms with E-state index in [-0.39, 0.29) is 29.9 Å². The summed E-state index contributed by atoms with van der Waals surface area (Å²) >= 11 is 13.5. The number of hydrogen-bond donors (Lipinski definition) is 1. The van der Waals surface area contributed by atoms with Crippen molar-refractivity contribution < 1.29 is 14.0 Å². The number of rotatable bonds is 9. The summed E-state index contributed by atoms with van der Waals surface area (Å²) in [4.78, 5) is 27.8. The minimum Gasteiger partial charge on any atom is -0.350 e. The molecule has 0 aliphatic carbocycles. The highest BCUT2D eigenvalue weighted by atomic mass is 35.5. The molecule has 2 aromatic rings. The molecule has 32 heavy (non-hydrogen) atoms. The molecule has 1 N–H and O–H groups in total. The second kappa shape index (κ2) is 11.9. The Kier molecular flexibility index (Phi) is 9.86. The van der Waals surface area contributed by atoms with Gasteiger partial charge in [-0.25, -0.2) is 4.39 Å². The Morgan fingerprint density at radius 1 is 1.12 bits per heavy atom. The standard InChI is InChI=1S/C24H29Cl2FN2O2S/c1-5-21(23(31)28-24(2,3)4)29(13-16-10-11-18(25)19(26)12-16)22(30)15-32-14-17-8-6-7-9-20(17)27/h6-12,21H,5,13-15H2,1-4H3,(H,28,31)/t21-/m0/s1. The Morgan fingerprint density at radius 3 is 2.41 bits per heavy atom. The van der Waals surface area contributed by atoms with E-state index in [4.69, 9.17) is 23.2 Å². The first-order valence-electron chi connectivity index (χ1n) is 10.4. The molecule has 0 unspecified atom stereocenters. The summed E-state index contributed by atoms with van der Waals surface area (Å²) in [6.45, 7) is 7.77. The van der Waals surface area contributed by atoms with Gasteiger partial charge in [-0.3, -0.25) is 9.59 Å². The molecule has 1 atom stereocenters. The molecule has 0 spiro atoms. The maximum absolute atomic E-state index is 13.9. The third-order valence-electron chi connectivity index (χ3n) is 4.66. The molecule has 0 saturated heterocycles. The molecular formula is C24H29Cl2FN2O2S. The van der Waals surface area contributed by atoms with Gasteiger partial charge in [0.25, 0.3) is 0 Å². The second-order valence-electron chi connectivity index (χ2n) is 8.52. The lowest BCUT2D eigenvalue weighted by molar-refractivity contribution is -0.140. The van der Waals surface area contributed by atoms with Gasteiger partial charge in [0.15, 0.2) is 0 Å². The quantitative estimate of drug-likeness (QED) is 0.455. The number of nitrogens with zero attached hydrogens (tertiary/aromatic N) is 1. The predicted octanol–water partition coefficient (Wildman–Crippen LogP) is 6.09. The first-order chi connectivity index (χ1) is 15.0. The first kappa shape index (κ1) is 26.5. The van der Waals surface area contributed by atoms with Crippen molar-refractivity contribution in [2.45, 2.75) is 58.0 Å². The molecule has 0 aliphatic heterocycles. The number of benzene rings is 2. The van der Waals surface area contributed by atoms with E-state index in [2.05, 4.69) is 5.32 Å². The predicted molar refractivity (Wildman–Crippen MR) is 132 cm³/mol. The number of nitrogens with one attached hydrogen (secondary N) is 1. The summed E-state index contributed by atoms with van der Waals surface area (Å²) in [5.41, 5.74) is 0.885. The number of amides is 2. The highest BCUT2D eigenvalue weighted by Gasteiger charge is 2.30. The summed E-state index contributed by atoms with van der Waals surface area (Å²) in [5, 5.41) is 3.77. The fraction of sp³-hybridized carbons (Fsp3) is 0.417. The van der Waals surface area contributed by atoms with Crippen LogP contribution in [0.4, 0.5) is 4.39 Å². The normalized spacial score (nSPS) is 12.3. The second-order valence-corrected chi connectivity index (χ2v) is 10.3. The molecule has 0 heterocycles. The first-order valence-corrected chi connectivity index (χ1v) is 12.3. The van der Waals surface area contributed by atoms with Crippen molar-refractivity contribution in [1.29, 1.82) is 0 Å². The minimum atomic E-state index is -0.648. The van der Waals surface area contributed by atoms with E-state index < -0.39 is 11.6 Å². The zero-order valence-electron chi connectivity index (χ0n) is 18.8. The SMILES string of the molecule is CC[C@@H](C(=O)NC(C)(C)C)N(Cc1ccc(Cl)c(Cl)c1)C(=O)CSCc1ccccc1F. The Morgan fingerprint density at radius 2 is 1.81 bits per heavy atom. The molecular weight excluding hydrogens is 470 g/mol. The van der Waals surface area contributed by atoms with Crippen LogP contribution in [0.1, 0.15) is 45.2 Å². The van der Waals surface area contributed by atoms with Crippen LogP contribution in [-0.4, -0.2) is 34.0 Å². The molecule has 0 aliphatic rings. The highest BCUT2D eigenvalue weighted by molar-refractivity contribution is 7.99. The zero-order valence-corrected chi connectivity index (χ0v) is 21.1. The van der Waals surface area contributed by atoms with Crippen molar-refractivity contribution in [1.82, 2.24) is 10.2 Å². The lowest BCUT2D eigenvalue weighted by atomic mass is 10.1. The zero-order chi connectivity index (χ0) is 23.9. The lowest BCUT2D eigenvalue weighted by Gasteiger charge is -2.33. The van der Waals surface area contributed by atoms with Gasteiger partial charge >= 0.3 is 0 Å². The number of halogens is 3. The Labute approximate surface area is 203 Å². The smallest absolute Gasteiger partial charge is 0.243 e. The Hall–Kier alpha value is -1.76. The monoisotopic (exact) mass is 498 g/mol. The molecule has 8 heteroatoms. The van der Waals surface area contributed by atoms with Crippen LogP contribution in [0, 0.1) is 5.82 Å². The van der Waals surface area contributed by atoms with Crippen LogP contribution in [0.25, 0.3) is 0 Å². The highest BCUT2D eigenvalue weighted by Crippen LogP contribution is 2.25. The van der Waals surface area contributed by atoms with Crippen LogP contribution in [0.15, 0.2) is 42.5 Å². The van der Waals surface area contributed by atoms with Gasteiger partial charge in [-0.15, -0.1) is 11.8 Å². The summed E-state index contributed by atoms with van der Waals surface area (Å²) in [6, 6.07) is 11.0. The van der Waals surface area contributed by atoms with Crippen LogP contribution < -0.4 is 5.32 Å². The van der Waals surface area contributed by atoms with Crippen molar-refractivity contribution >= 4 is 46.8 Å². The summed E-state index contributed by atoms with van der Waals surface area (Å²) < 4.78 is 13.9. The van der Waals surface area contributed by atoms with Gasteiger partial charge in [0, 0.05) is 17.8 Å². The topological polar surface area (TPSA) is 49.4 Å². The van der Waals surface area contributed by atoms with Gasteiger partial charge in [0.2, 0.25) is 11.8 Å². The fourth-order valence-electron chi connectivity index (χ4n) is 3.15. The third-order valence-corrected chi connectivity index (χ3v) is 6.37. The molecule has 0 aromatic heterocycles. The Bertz CT molecular complexity index is 950. The molecule has 0 bridgehead atoms. The maximum atomic E-state index is 13.9. The summed E-state index contributed by atoms with van der Waals surface area (Å²) in [7, 11) is 0. The maximum Gasteiger partial charge on any atom is 0.243 e.